The zero-order valence-corrected chi connectivity index (χ0v) is 16.1. The van der Waals surface area contributed by atoms with Gasteiger partial charge in [0.05, 0.1) is 19.4 Å². The van der Waals surface area contributed by atoms with E-state index in [2.05, 4.69) is 20.5 Å². The molecule has 3 aromatic rings. The molecule has 0 spiro atoms. The minimum absolute atomic E-state index is 0.268. The number of anilines is 1. The normalized spacial score (nSPS) is 11.8. The second-order valence-corrected chi connectivity index (χ2v) is 6.11. The highest BCUT2D eigenvalue weighted by atomic mass is 16.5. The standard InChI is InChI=1S/C18H22N6O4/c1-11(12-5-7-13(28-4)8-6-12)21-22-17-19-15-14(24(17)9-10-27-3)16(25)20-18(26)23(15)2/h5-8H,9-10H2,1-4H3,(H,19,22)(H,20,25,26)/b21-11-. The summed E-state index contributed by atoms with van der Waals surface area (Å²) >= 11 is 0. The summed E-state index contributed by atoms with van der Waals surface area (Å²) in [7, 11) is 4.72. The van der Waals surface area contributed by atoms with E-state index in [1.165, 1.54) is 4.57 Å². The van der Waals surface area contributed by atoms with Gasteiger partial charge in [0.15, 0.2) is 11.2 Å². The third kappa shape index (κ3) is 3.67. The molecule has 0 fully saturated rings. The number of rotatable bonds is 7. The maximum absolute atomic E-state index is 12.3. The number of nitrogens with zero attached hydrogens (tertiary/aromatic N) is 4. The van der Waals surface area contributed by atoms with E-state index in [9.17, 15) is 9.59 Å². The molecule has 0 bridgehead atoms. The van der Waals surface area contributed by atoms with Gasteiger partial charge in [0.2, 0.25) is 5.95 Å². The molecular formula is C18H22N6O4. The predicted molar refractivity (Wildman–Crippen MR) is 106 cm³/mol. The highest BCUT2D eigenvalue weighted by molar-refractivity contribution is 5.99. The van der Waals surface area contributed by atoms with Gasteiger partial charge >= 0.3 is 5.69 Å². The molecule has 3 rings (SSSR count). The number of aromatic nitrogens is 4. The van der Waals surface area contributed by atoms with Crippen LogP contribution in [0.2, 0.25) is 0 Å². The summed E-state index contributed by atoms with van der Waals surface area (Å²) in [4.78, 5) is 30.9. The van der Waals surface area contributed by atoms with E-state index in [0.29, 0.717) is 19.1 Å². The van der Waals surface area contributed by atoms with Crippen molar-refractivity contribution in [3.05, 3.63) is 50.7 Å². The molecule has 1 aromatic carbocycles. The Hall–Kier alpha value is -3.40. The second-order valence-electron chi connectivity index (χ2n) is 6.11. The Kier molecular flexibility index (Phi) is 5.59. The van der Waals surface area contributed by atoms with Gasteiger partial charge in [-0.15, -0.1) is 0 Å². The van der Waals surface area contributed by atoms with Crippen molar-refractivity contribution >= 4 is 22.8 Å². The lowest BCUT2D eigenvalue weighted by Gasteiger charge is -2.08. The molecule has 10 nitrogen and oxygen atoms in total. The number of H-pyrrole nitrogens is 1. The van der Waals surface area contributed by atoms with Crippen molar-refractivity contribution in [3.63, 3.8) is 0 Å². The van der Waals surface area contributed by atoms with Crippen LogP contribution in [-0.2, 0) is 18.3 Å². The zero-order valence-electron chi connectivity index (χ0n) is 16.1. The largest absolute Gasteiger partial charge is 0.497 e. The van der Waals surface area contributed by atoms with Crippen LogP contribution >= 0.6 is 0 Å². The lowest BCUT2D eigenvalue weighted by atomic mass is 10.1. The maximum Gasteiger partial charge on any atom is 0.329 e. The summed E-state index contributed by atoms with van der Waals surface area (Å²) in [6.45, 7) is 2.58. The first-order valence-corrected chi connectivity index (χ1v) is 8.59. The van der Waals surface area contributed by atoms with Gasteiger partial charge in [0.25, 0.3) is 5.56 Å². The molecule has 2 N–H and O–H groups in total. The molecule has 0 aliphatic carbocycles. The van der Waals surface area contributed by atoms with Crippen molar-refractivity contribution in [1.29, 1.82) is 0 Å². The Balaban J connectivity index is 2.01. The molecule has 2 heterocycles. The van der Waals surface area contributed by atoms with E-state index in [-0.39, 0.29) is 11.2 Å². The Morgan fingerprint density at radius 2 is 1.96 bits per heavy atom. The molecule has 0 atom stereocenters. The average molecular weight is 386 g/mol. The number of methoxy groups -OCH3 is 2. The molecule has 0 saturated carbocycles. The van der Waals surface area contributed by atoms with E-state index in [4.69, 9.17) is 9.47 Å². The van der Waals surface area contributed by atoms with Crippen LogP contribution < -0.4 is 21.4 Å². The highest BCUT2D eigenvalue weighted by Gasteiger charge is 2.17. The fraction of sp³-hybridized carbons (Fsp3) is 0.333. The Labute approximate surface area is 160 Å². The van der Waals surface area contributed by atoms with Crippen molar-refractivity contribution < 1.29 is 9.47 Å². The highest BCUT2D eigenvalue weighted by Crippen LogP contribution is 2.16. The lowest BCUT2D eigenvalue weighted by molar-refractivity contribution is 0.188. The van der Waals surface area contributed by atoms with Gasteiger partial charge in [0, 0.05) is 20.7 Å². The van der Waals surface area contributed by atoms with Crippen LogP contribution in [-0.4, -0.2) is 45.6 Å². The van der Waals surface area contributed by atoms with Gasteiger partial charge in [-0.25, -0.2) is 10.2 Å². The molecule has 2 aromatic heterocycles. The van der Waals surface area contributed by atoms with Gasteiger partial charge in [-0.05, 0) is 36.8 Å². The molecule has 0 aliphatic heterocycles. The topological polar surface area (TPSA) is 116 Å². The van der Waals surface area contributed by atoms with E-state index >= 15 is 0 Å². The molecule has 0 amide bonds. The summed E-state index contributed by atoms with van der Waals surface area (Å²) < 4.78 is 13.2. The van der Waals surface area contributed by atoms with Gasteiger partial charge in [-0.2, -0.15) is 10.1 Å². The Morgan fingerprint density at radius 3 is 2.61 bits per heavy atom. The Bertz CT molecular complexity index is 1120. The van der Waals surface area contributed by atoms with Crippen molar-refractivity contribution in [2.24, 2.45) is 12.1 Å². The van der Waals surface area contributed by atoms with Crippen LogP contribution in [0.4, 0.5) is 5.95 Å². The Morgan fingerprint density at radius 1 is 1.25 bits per heavy atom. The minimum Gasteiger partial charge on any atom is -0.497 e. The quantitative estimate of drug-likeness (QED) is 0.461. The van der Waals surface area contributed by atoms with Gasteiger partial charge < -0.3 is 14.0 Å². The number of hydrogen-bond donors (Lipinski definition) is 2. The van der Waals surface area contributed by atoms with Crippen LogP contribution in [0.1, 0.15) is 12.5 Å². The third-order valence-corrected chi connectivity index (χ3v) is 4.36. The monoisotopic (exact) mass is 386 g/mol. The second kappa shape index (κ2) is 8.09. The number of hydrazone groups is 1. The van der Waals surface area contributed by atoms with Crippen LogP contribution in [0.3, 0.4) is 0 Å². The number of fused-ring (bicyclic) bond motifs is 1. The fourth-order valence-corrected chi connectivity index (χ4v) is 2.75. The first kappa shape index (κ1) is 19.4. The van der Waals surface area contributed by atoms with E-state index in [1.54, 1.807) is 25.8 Å². The number of hydrogen-bond acceptors (Lipinski definition) is 7. The van der Waals surface area contributed by atoms with Crippen LogP contribution in [0, 0.1) is 0 Å². The van der Waals surface area contributed by atoms with Crippen molar-refractivity contribution in [2.75, 3.05) is 26.3 Å². The summed E-state index contributed by atoms with van der Waals surface area (Å²) in [5.74, 6) is 1.10. The SMILES string of the molecule is COCCn1c(N/N=C(/C)c2ccc(OC)cc2)nc2c1c(=O)[nH]c(=O)n2C. The third-order valence-electron chi connectivity index (χ3n) is 4.36. The number of benzene rings is 1. The molecule has 0 aliphatic rings. The predicted octanol–water partition coefficient (Wildman–Crippen LogP) is 0.914. The summed E-state index contributed by atoms with van der Waals surface area (Å²) in [5.41, 5.74) is 4.02. The average Bonchev–Trinajstić information content (AvgIpc) is 3.07. The van der Waals surface area contributed by atoms with Gasteiger partial charge in [-0.3, -0.25) is 14.3 Å². The first-order valence-electron chi connectivity index (χ1n) is 8.59. The summed E-state index contributed by atoms with van der Waals surface area (Å²) in [5, 5.41) is 4.37. The summed E-state index contributed by atoms with van der Waals surface area (Å²) in [6, 6.07) is 7.47. The van der Waals surface area contributed by atoms with E-state index in [1.807, 2.05) is 31.2 Å². The lowest BCUT2D eigenvalue weighted by Crippen LogP contribution is -2.29. The van der Waals surface area contributed by atoms with Crippen LogP contribution in [0.15, 0.2) is 39.0 Å². The van der Waals surface area contributed by atoms with Crippen LogP contribution in [0.5, 0.6) is 5.75 Å². The number of aryl methyl sites for hydroxylation is 1. The van der Waals surface area contributed by atoms with Crippen molar-refractivity contribution in [2.45, 2.75) is 13.5 Å². The molecule has 0 radical (unpaired) electrons. The molecule has 0 unspecified atom stereocenters. The van der Waals surface area contributed by atoms with Gasteiger partial charge in [-0.1, -0.05) is 0 Å². The zero-order chi connectivity index (χ0) is 20.3. The maximum atomic E-state index is 12.3. The minimum atomic E-state index is -0.529. The molecule has 28 heavy (non-hydrogen) atoms. The molecule has 0 saturated heterocycles. The molecular weight excluding hydrogens is 364 g/mol. The first-order chi connectivity index (χ1) is 13.5. The van der Waals surface area contributed by atoms with E-state index in [0.717, 1.165) is 17.0 Å². The van der Waals surface area contributed by atoms with Crippen molar-refractivity contribution in [3.8, 4) is 5.75 Å². The van der Waals surface area contributed by atoms with Crippen molar-refractivity contribution in [1.82, 2.24) is 19.1 Å². The number of ether oxygens (including phenoxy) is 2. The van der Waals surface area contributed by atoms with Crippen LogP contribution in [0.25, 0.3) is 11.2 Å². The fourth-order valence-electron chi connectivity index (χ4n) is 2.75. The molecule has 10 heteroatoms. The number of aromatic amines is 1. The molecule has 148 valence electrons. The smallest absolute Gasteiger partial charge is 0.329 e. The number of nitrogens with one attached hydrogen (secondary N) is 2. The number of imidazole rings is 1. The summed E-state index contributed by atoms with van der Waals surface area (Å²) in [6.07, 6.45) is 0. The van der Waals surface area contributed by atoms with E-state index < -0.39 is 11.2 Å². The van der Waals surface area contributed by atoms with Gasteiger partial charge in [0.1, 0.15) is 5.75 Å².